The first-order chi connectivity index (χ1) is 9.90. The molecule has 0 saturated heterocycles. The Balaban J connectivity index is 1.69. The maximum Gasteiger partial charge on any atom is 0.162 e. The van der Waals surface area contributed by atoms with Gasteiger partial charge in [0, 0.05) is 23.6 Å². The van der Waals surface area contributed by atoms with Crippen LogP contribution in [0.15, 0.2) is 23.1 Å². The minimum Gasteiger partial charge on any atom is -0.490 e. The highest BCUT2D eigenvalue weighted by molar-refractivity contribution is 7.99. The van der Waals surface area contributed by atoms with Crippen LogP contribution < -0.4 is 14.8 Å². The molecular formula is C16H25NO2S. The van der Waals surface area contributed by atoms with Gasteiger partial charge in [0.05, 0.1) is 13.2 Å². The van der Waals surface area contributed by atoms with E-state index in [0.29, 0.717) is 0 Å². The Morgan fingerprint density at radius 3 is 2.80 bits per heavy atom. The minimum atomic E-state index is 0.750. The fraction of sp³-hybridized carbons (Fsp3) is 0.625. The van der Waals surface area contributed by atoms with Gasteiger partial charge in [-0.05, 0) is 31.2 Å². The zero-order valence-corrected chi connectivity index (χ0v) is 13.1. The standard InChI is InChI=1S/C16H25NO2S/c1-2-3-4-8-17-9-12-20-14-6-7-15-16(13-14)19-11-5-10-18-15/h6-7,13,17H,2-5,8-12H2,1H3. The second-order valence-corrected chi connectivity index (χ2v) is 6.13. The Bertz CT molecular complexity index is 398. The summed E-state index contributed by atoms with van der Waals surface area (Å²) >= 11 is 1.87. The molecule has 0 unspecified atom stereocenters. The molecule has 1 aromatic rings. The predicted octanol–water partition coefficient (Wildman–Crippen LogP) is 3.72. The number of rotatable bonds is 8. The molecule has 0 saturated carbocycles. The first kappa shape index (κ1) is 15.5. The van der Waals surface area contributed by atoms with E-state index in [0.717, 1.165) is 50.0 Å². The Labute approximate surface area is 126 Å². The number of benzene rings is 1. The van der Waals surface area contributed by atoms with Gasteiger partial charge >= 0.3 is 0 Å². The van der Waals surface area contributed by atoms with Crippen molar-refractivity contribution in [3.8, 4) is 11.5 Å². The normalized spacial score (nSPS) is 14.1. The lowest BCUT2D eigenvalue weighted by Gasteiger charge is -2.09. The largest absolute Gasteiger partial charge is 0.490 e. The molecule has 1 aliphatic heterocycles. The van der Waals surface area contributed by atoms with Crippen LogP contribution in [0.4, 0.5) is 0 Å². The third-order valence-electron chi connectivity index (χ3n) is 3.22. The summed E-state index contributed by atoms with van der Waals surface area (Å²) in [6, 6.07) is 6.25. The first-order valence-corrected chi connectivity index (χ1v) is 8.62. The van der Waals surface area contributed by atoms with Crippen molar-refractivity contribution in [2.24, 2.45) is 0 Å². The van der Waals surface area contributed by atoms with E-state index in [9.17, 15) is 0 Å². The van der Waals surface area contributed by atoms with E-state index >= 15 is 0 Å². The number of unbranched alkanes of at least 4 members (excludes halogenated alkanes) is 2. The Morgan fingerprint density at radius 1 is 1.10 bits per heavy atom. The summed E-state index contributed by atoms with van der Waals surface area (Å²) in [5, 5.41) is 3.49. The summed E-state index contributed by atoms with van der Waals surface area (Å²) in [5.41, 5.74) is 0. The van der Waals surface area contributed by atoms with Crippen molar-refractivity contribution in [3.63, 3.8) is 0 Å². The molecule has 1 aliphatic rings. The smallest absolute Gasteiger partial charge is 0.162 e. The molecule has 1 aromatic carbocycles. The molecule has 0 atom stereocenters. The van der Waals surface area contributed by atoms with E-state index in [-0.39, 0.29) is 0 Å². The van der Waals surface area contributed by atoms with Crippen LogP contribution in [-0.2, 0) is 0 Å². The average Bonchev–Trinajstić information content (AvgIpc) is 2.71. The molecule has 3 nitrogen and oxygen atoms in total. The SMILES string of the molecule is CCCCCNCCSc1ccc2c(c1)OCCCO2. The summed E-state index contributed by atoms with van der Waals surface area (Å²) in [4.78, 5) is 1.25. The van der Waals surface area contributed by atoms with Crippen LogP contribution in [0, 0.1) is 0 Å². The van der Waals surface area contributed by atoms with Crippen molar-refractivity contribution in [2.45, 2.75) is 37.5 Å². The van der Waals surface area contributed by atoms with E-state index in [1.165, 1.54) is 24.2 Å². The monoisotopic (exact) mass is 295 g/mol. The van der Waals surface area contributed by atoms with E-state index in [2.05, 4.69) is 24.4 Å². The van der Waals surface area contributed by atoms with E-state index in [1.54, 1.807) is 0 Å². The van der Waals surface area contributed by atoms with Gasteiger partial charge < -0.3 is 14.8 Å². The minimum absolute atomic E-state index is 0.750. The van der Waals surface area contributed by atoms with Gasteiger partial charge in [-0.3, -0.25) is 0 Å². The molecule has 112 valence electrons. The average molecular weight is 295 g/mol. The fourth-order valence-corrected chi connectivity index (χ4v) is 2.94. The number of hydrogen-bond acceptors (Lipinski definition) is 4. The summed E-state index contributed by atoms with van der Waals surface area (Å²) in [7, 11) is 0. The third kappa shape index (κ3) is 5.25. The summed E-state index contributed by atoms with van der Waals surface area (Å²) < 4.78 is 11.3. The molecule has 0 bridgehead atoms. The van der Waals surface area contributed by atoms with Crippen LogP contribution in [-0.4, -0.2) is 32.1 Å². The fourth-order valence-electron chi connectivity index (χ4n) is 2.10. The van der Waals surface area contributed by atoms with Crippen molar-refractivity contribution >= 4 is 11.8 Å². The quantitative estimate of drug-likeness (QED) is 0.585. The van der Waals surface area contributed by atoms with Crippen molar-refractivity contribution in [2.75, 3.05) is 32.1 Å². The molecule has 20 heavy (non-hydrogen) atoms. The van der Waals surface area contributed by atoms with Gasteiger partial charge in [0.2, 0.25) is 0 Å². The topological polar surface area (TPSA) is 30.5 Å². The number of thioether (sulfide) groups is 1. The molecular weight excluding hydrogens is 270 g/mol. The molecule has 4 heteroatoms. The molecule has 1 heterocycles. The van der Waals surface area contributed by atoms with Crippen molar-refractivity contribution in [3.05, 3.63) is 18.2 Å². The highest BCUT2D eigenvalue weighted by Gasteiger charge is 2.10. The van der Waals surface area contributed by atoms with Gasteiger partial charge in [-0.1, -0.05) is 19.8 Å². The van der Waals surface area contributed by atoms with Crippen molar-refractivity contribution < 1.29 is 9.47 Å². The molecule has 0 amide bonds. The van der Waals surface area contributed by atoms with Crippen LogP contribution in [0.1, 0.15) is 32.6 Å². The summed E-state index contributed by atoms with van der Waals surface area (Å²) in [5.74, 6) is 2.86. The highest BCUT2D eigenvalue weighted by Crippen LogP contribution is 2.33. The lowest BCUT2D eigenvalue weighted by molar-refractivity contribution is 0.297. The van der Waals surface area contributed by atoms with Crippen LogP contribution in [0.5, 0.6) is 11.5 Å². The molecule has 2 rings (SSSR count). The second kappa shape index (κ2) is 9.14. The van der Waals surface area contributed by atoms with Gasteiger partial charge in [-0.15, -0.1) is 11.8 Å². The van der Waals surface area contributed by atoms with Crippen LogP contribution in [0.2, 0.25) is 0 Å². The van der Waals surface area contributed by atoms with Gasteiger partial charge in [-0.2, -0.15) is 0 Å². The predicted molar refractivity (Wildman–Crippen MR) is 85.2 cm³/mol. The zero-order chi connectivity index (χ0) is 14.0. The van der Waals surface area contributed by atoms with Crippen molar-refractivity contribution in [1.82, 2.24) is 5.32 Å². The zero-order valence-electron chi connectivity index (χ0n) is 12.3. The molecule has 0 radical (unpaired) electrons. The molecule has 0 spiro atoms. The third-order valence-corrected chi connectivity index (χ3v) is 4.22. The van der Waals surface area contributed by atoms with Crippen LogP contribution in [0.25, 0.3) is 0 Å². The Kier molecular flexibility index (Phi) is 7.09. The maximum absolute atomic E-state index is 5.71. The first-order valence-electron chi connectivity index (χ1n) is 7.63. The van der Waals surface area contributed by atoms with E-state index < -0.39 is 0 Å². The van der Waals surface area contributed by atoms with Gasteiger partial charge in [0.25, 0.3) is 0 Å². The van der Waals surface area contributed by atoms with Gasteiger partial charge in [0.15, 0.2) is 11.5 Å². The molecule has 0 aromatic heterocycles. The Hall–Kier alpha value is -0.870. The molecule has 1 N–H and O–H groups in total. The maximum atomic E-state index is 5.71. The second-order valence-electron chi connectivity index (χ2n) is 4.96. The lowest BCUT2D eigenvalue weighted by Crippen LogP contribution is -2.18. The lowest BCUT2D eigenvalue weighted by atomic mass is 10.2. The van der Waals surface area contributed by atoms with Gasteiger partial charge in [-0.25, -0.2) is 0 Å². The van der Waals surface area contributed by atoms with E-state index in [4.69, 9.17) is 9.47 Å². The number of nitrogens with one attached hydrogen (secondary N) is 1. The highest BCUT2D eigenvalue weighted by atomic mass is 32.2. The number of fused-ring (bicyclic) bond motifs is 1. The molecule has 0 fully saturated rings. The van der Waals surface area contributed by atoms with Crippen molar-refractivity contribution in [1.29, 1.82) is 0 Å². The Morgan fingerprint density at radius 2 is 1.95 bits per heavy atom. The number of hydrogen-bond donors (Lipinski definition) is 1. The van der Waals surface area contributed by atoms with E-state index in [1.807, 2.05) is 17.8 Å². The molecule has 0 aliphatic carbocycles. The van der Waals surface area contributed by atoms with Crippen LogP contribution >= 0.6 is 11.8 Å². The van der Waals surface area contributed by atoms with Gasteiger partial charge in [0.1, 0.15) is 0 Å². The summed E-state index contributed by atoms with van der Waals surface area (Å²) in [6.07, 6.45) is 4.85. The van der Waals surface area contributed by atoms with Crippen LogP contribution in [0.3, 0.4) is 0 Å². The summed E-state index contributed by atoms with van der Waals surface area (Å²) in [6.45, 7) is 5.93. The number of ether oxygens (including phenoxy) is 2.